The number of carbonyl (C=O) groups excluding carboxylic acids is 1. The molecule has 0 saturated carbocycles. The van der Waals surface area contributed by atoms with E-state index in [1.165, 1.54) is 6.07 Å². The lowest BCUT2D eigenvalue weighted by Gasteiger charge is -2.32. The van der Waals surface area contributed by atoms with E-state index >= 15 is 0 Å². The summed E-state index contributed by atoms with van der Waals surface area (Å²) in [5, 5.41) is 4.49. The van der Waals surface area contributed by atoms with Crippen molar-refractivity contribution < 1.29 is 14.0 Å². The van der Waals surface area contributed by atoms with Gasteiger partial charge in [-0.05, 0) is 43.4 Å². The van der Waals surface area contributed by atoms with Gasteiger partial charge in [0.2, 0.25) is 0 Å². The topological polar surface area (TPSA) is 48.4 Å². The van der Waals surface area contributed by atoms with Crippen LogP contribution < -0.4 is 4.90 Å². The molecule has 0 radical (unpaired) electrons. The molecule has 5 rings (SSSR count). The Kier molecular flexibility index (Phi) is 5.32. The van der Waals surface area contributed by atoms with Crippen LogP contribution in [0.2, 0.25) is 5.02 Å². The quantitative estimate of drug-likeness (QED) is 0.733. The number of benzene rings is 2. The number of halogens is 2. The van der Waals surface area contributed by atoms with Crippen molar-refractivity contribution in [2.45, 2.75) is 6.10 Å². The van der Waals surface area contributed by atoms with Gasteiger partial charge in [-0.2, -0.15) is 0 Å². The maximum atomic E-state index is 14.4. The third-order valence-corrected chi connectivity index (χ3v) is 6.71. The average Bonchev–Trinajstić information content (AvgIpc) is 3.36. The van der Waals surface area contributed by atoms with Gasteiger partial charge >= 0.3 is 0 Å². The largest absolute Gasteiger partial charge is 0.390 e. The van der Waals surface area contributed by atoms with Crippen molar-refractivity contribution in [3.05, 3.63) is 64.4 Å². The lowest BCUT2D eigenvalue weighted by molar-refractivity contribution is 0.0664. The molecule has 2 aromatic carbocycles. The number of fused-ring (bicyclic) bond motifs is 1. The highest BCUT2D eigenvalue weighted by Gasteiger charge is 2.44. The van der Waals surface area contributed by atoms with Crippen LogP contribution >= 0.6 is 11.6 Å². The Bertz CT molecular complexity index is 1000. The Balaban J connectivity index is 1.29. The first kappa shape index (κ1) is 20.3. The molecule has 0 spiro atoms. The van der Waals surface area contributed by atoms with Gasteiger partial charge in [-0.25, -0.2) is 4.39 Å². The standard InChI is InChI=1S/C23H24ClFN4O2/c1-27-9-11-28(12-10-27)23(30)15-5-7-16(8-6-15)29-13-17-20(14-29)31-26-22(17)21-18(24)3-2-4-19(21)25/h2-8,17,20H,9-14H2,1H3. The predicted octanol–water partition coefficient (Wildman–Crippen LogP) is 3.11. The molecule has 0 aromatic heterocycles. The molecule has 0 N–H and O–H groups in total. The Morgan fingerprint density at radius 1 is 1.10 bits per heavy atom. The minimum atomic E-state index is -0.388. The molecule has 2 fully saturated rings. The Morgan fingerprint density at radius 2 is 1.84 bits per heavy atom. The summed E-state index contributed by atoms with van der Waals surface area (Å²) < 4.78 is 14.4. The van der Waals surface area contributed by atoms with Crippen LogP contribution in [0, 0.1) is 11.7 Å². The zero-order valence-electron chi connectivity index (χ0n) is 17.3. The van der Waals surface area contributed by atoms with Crippen LogP contribution in [-0.2, 0) is 4.84 Å². The molecule has 8 heteroatoms. The van der Waals surface area contributed by atoms with Crippen LogP contribution in [0.25, 0.3) is 0 Å². The highest BCUT2D eigenvalue weighted by Crippen LogP contribution is 2.35. The molecule has 3 aliphatic rings. The summed E-state index contributed by atoms with van der Waals surface area (Å²) in [6, 6.07) is 12.3. The Labute approximate surface area is 185 Å². The number of anilines is 1. The molecule has 2 aromatic rings. The molecule has 3 heterocycles. The van der Waals surface area contributed by atoms with E-state index in [1.807, 2.05) is 29.2 Å². The molecular weight excluding hydrogens is 419 g/mol. The van der Waals surface area contributed by atoms with Gasteiger partial charge in [-0.15, -0.1) is 0 Å². The first-order valence-corrected chi connectivity index (χ1v) is 10.9. The molecule has 0 bridgehead atoms. The second kappa shape index (κ2) is 8.13. The number of hydrogen-bond donors (Lipinski definition) is 0. The second-order valence-corrected chi connectivity index (χ2v) is 8.78. The van der Waals surface area contributed by atoms with Gasteiger partial charge < -0.3 is 19.5 Å². The Morgan fingerprint density at radius 3 is 2.55 bits per heavy atom. The summed E-state index contributed by atoms with van der Waals surface area (Å²) in [5.41, 5.74) is 2.60. The minimum absolute atomic E-state index is 0.0546. The van der Waals surface area contributed by atoms with E-state index in [0.717, 1.165) is 31.9 Å². The minimum Gasteiger partial charge on any atom is -0.390 e. The van der Waals surface area contributed by atoms with E-state index in [1.54, 1.807) is 12.1 Å². The predicted molar refractivity (Wildman–Crippen MR) is 118 cm³/mol. The fourth-order valence-corrected chi connectivity index (χ4v) is 4.79. The monoisotopic (exact) mass is 442 g/mol. The van der Waals surface area contributed by atoms with Gasteiger partial charge in [0.15, 0.2) is 6.10 Å². The van der Waals surface area contributed by atoms with Crippen molar-refractivity contribution in [2.24, 2.45) is 11.1 Å². The van der Waals surface area contributed by atoms with E-state index in [4.69, 9.17) is 16.4 Å². The van der Waals surface area contributed by atoms with Crippen LogP contribution in [0.3, 0.4) is 0 Å². The van der Waals surface area contributed by atoms with E-state index in [-0.39, 0.29) is 23.7 Å². The molecule has 2 atom stereocenters. The van der Waals surface area contributed by atoms with Crippen molar-refractivity contribution >= 4 is 28.9 Å². The highest BCUT2D eigenvalue weighted by molar-refractivity contribution is 6.34. The van der Waals surface area contributed by atoms with E-state index in [0.29, 0.717) is 35.0 Å². The van der Waals surface area contributed by atoms with E-state index in [2.05, 4.69) is 22.0 Å². The van der Waals surface area contributed by atoms with Gasteiger partial charge in [0.1, 0.15) is 11.5 Å². The fraction of sp³-hybridized carbons (Fsp3) is 0.391. The lowest BCUT2D eigenvalue weighted by Crippen LogP contribution is -2.47. The number of piperazine rings is 1. The van der Waals surface area contributed by atoms with Gasteiger partial charge in [0.05, 0.1) is 23.0 Å². The summed E-state index contributed by atoms with van der Waals surface area (Å²) in [6.07, 6.45) is -0.141. The van der Waals surface area contributed by atoms with Crippen LogP contribution in [0.4, 0.5) is 10.1 Å². The zero-order chi connectivity index (χ0) is 21.5. The molecule has 2 saturated heterocycles. The van der Waals surface area contributed by atoms with Crippen molar-refractivity contribution in [1.82, 2.24) is 9.80 Å². The molecule has 0 aliphatic carbocycles. The smallest absolute Gasteiger partial charge is 0.253 e. The second-order valence-electron chi connectivity index (χ2n) is 8.37. The van der Waals surface area contributed by atoms with Crippen molar-refractivity contribution in [3.8, 4) is 0 Å². The van der Waals surface area contributed by atoms with E-state index in [9.17, 15) is 9.18 Å². The summed E-state index contributed by atoms with van der Waals surface area (Å²) in [5.74, 6) is -0.369. The number of amides is 1. The van der Waals surface area contributed by atoms with Crippen LogP contribution in [0.5, 0.6) is 0 Å². The summed E-state index contributed by atoms with van der Waals surface area (Å²) in [6.45, 7) is 4.61. The van der Waals surface area contributed by atoms with Crippen molar-refractivity contribution in [3.63, 3.8) is 0 Å². The molecule has 3 aliphatic heterocycles. The molecule has 162 valence electrons. The first-order valence-electron chi connectivity index (χ1n) is 10.5. The normalized spacial score (nSPS) is 23.5. The van der Waals surface area contributed by atoms with Crippen molar-refractivity contribution in [2.75, 3.05) is 51.2 Å². The van der Waals surface area contributed by atoms with Crippen molar-refractivity contribution in [1.29, 1.82) is 0 Å². The molecule has 2 unspecified atom stereocenters. The number of rotatable bonds is 3. The van der Waals surface area contributed by atoms with Gasteiger partial charge in [-0.1, -0.05) is 22.8 Å². The maximum Gasteiger partial charge on any atom is 0.253 e. The highest BCUT2D eigenvalue weighted by atomic mass is 35.5. The maximum absolute atomic E-state index is 14.4. The lowest BCUT2D eigenvalue weighted by atomic mass is 9.94. The summed E-state index contributed by atoms with van der Waals surface area (Å²) >= 11 is 6.24. The molecule has 31 heavy (non-hydrogen) atoms. The third kappa shape index (κ3) is 3.77. The zero-order valence-corrected chi connectivity index (χ0v) is 18.1. The van der Waals surface area contributed by atoms with Gasteiger partial charge in [0, 0.05) is 44.0 Å². The number of likely N-dealkylation sites (N-methyl/N-ethyl adjacent to an activating group) is 1. The third-order valence-electron chi connectivity index (χ3n) is 6.39. The number of hydrogen-bond acceptors (Lipinski definition) is 5. The van der Waals surface area contributed by atoms with Crippen LogP contribution in [-0.4, -0.2) is 73.8 Å². The molecular formula is C23H24ClFN4O2. The van der Waals surface area contributed by atoms with Gasteiger partial charge in [-0.3, -0.25) is 4.79 Å². The molecule has 1 amide bonds. The number of carbonyl (C=O) groups is 1. The molecule has 6 nitrogen and oxygen atoms in total. The summed E-state index contributed by atoms with van der Waals surface area (Å²) in [4.78, 5) is 24.7. The number of nitrogens with zero attached hydrogens (tertiary/aromatic N) is 4. The number of oxime groups is 1. The SMILES string of the molecule is CN1CCN(C(=O)c2ccc(N3CC4ON=C(c5c(F)cccc5Cl)C4C3)cc2)CC1. The summed E-state index contributed by atoms with van der Waals surface area (Å²) in [7, 11) is 2.07. The average molecular weight is 443 g/mol. The fourth-order valence-electron chi connectivity index (χ4n) is 4.53. The van der Waals surface area contributed by atoms with E-state index < -0.39 is 0 Å². The van der Waals surface area contributed by atoms with Gasteiger partial charge in [0.25, 0.3) is 5.91 Å². The van der Waals surface area contributed by atoms with Crippen LogP contribution in [0.15, 0.2) is 47.6 Å². The van der Waals surface area contributed by atoms with Crippen LogP contribution in [0.1, 0.15) is 15.9 Å². The first-order chi connectivity index (χ1) is 15.0. The Hall–Kier alpha value is -2.64.